The van der Waals surface area contributed by atoms with Gasteiger partial charge in [0, 0.05) is 11.8 Å². The molecule has 122 valence electrons. The first-order valence-corrected chi connectivity index (χ1v) is 8.89. The molecular formula is C14H21N3O4S. The summed E-state index contributed by atoms with van der Waals surface area (Å²) < 4.78 is 30.1. The maximum atomic E-state index is 12.3. The molecule has 0 bridgehead atoms. The van der Waals surface area contributed by atoms with Gasteiger partial charge in [-0.25, -0.2) is 8.42 Å². The van der Waals surface area contributed by atoms with Crippen molar-refractivity contribution in [2.24, 2.45) is 5.73 Å². The van der Waals surface area contributed by atoms with Crippen molar-refractivity contribution >= 4 is 27.3 Å². The molecule has 0 spiro atoms. The van der Waals surface area contributed by atoms with Gasteiger partial charge in [0.1, 0.15) is 5.75 Å². The number of methoxy groups -OCH3 is 1. The normalized spacial score (nSPS) is 17.0. The SMILES string of the molecule is COc1cc(NC(=O)C2(N)CCCC2)ccc1NS(C)(=O)=O. The molecule has 0 aliphatic heterocycles. The van der Waals surface area contributed by atoms with E-state index >= 15 is 0 Å². The number of hydrogen-bond donors (Lipinski definition) is 3. The number of benzene rings is 1. The van der Waals surface area contributed by atoms with Gasteiger partial charge < -0.3 is 15.8 Å². The molecule has 1 aliphatic carbocycles. The molecule has 0 saturated heterocycles. The summed E-state index contributed by atoms with van der Waals surface area (Å²) in [6.45, 7) is 0. The lowest BCUT2D eigenvalue weighted by Crippen LogP contribution is -2.48. The molecule has 1 fully saturated rings. The lowest BCUT2D eigenvalue weighted by molar-refractivity contribution is -0.121. The van der Waals surface area contributed by atoms with E-state index in [4.69, 9.17) is 10.5 Å². The number of amides is 1. The molecule has 1 aromatic rings. The Morgan fingerprint density at radius 3 is 2.50 bits per heavy atom. The molecule has 1 aromatic carbocycles. The molecule has 22 heavy (non-hydrogen) atoms. The number of nitrogens with two attached hydrogens (primary N) is 1. The van der Waals surface area contributed by atoms with Gasteiger partial charge in [-0.3, -0.25) is 9.52 Å². The molecule has 0 radical (unpaired) electrons. The molecule has 0 heterocycles. The van der Waals surface area contributed by atoms with Gasteiger partial charge in [0.25, 0.3) is 0 Å². The fourth-order valence-electron chi connectivity index (χ4n) is 2.54. The van der Waals surface area contributed by atoms with E-state index in [-0.39, 0.29) is 5.91 Å². The van der Waals surface area contributed by atoms with Crippen molar-refractivity contribution in [3.63, 3.8) is 0 Å². The monoisotopic (exact) mass is 327 g/mol. The van der Waals surface area contributed by atoms with Crippen LogP contribution in [0, 0.1) is 0 Å². The maximum absolute atomic E-state index is 12.3. The van der Waals surface area contributed by atoms with Crippen molar-refractivity contribution in [3.8, 4) is 5.75 Å². The quantitative estimate of drug-likeness (QED) is 0.754. The highest BCUT2D eigenvalue weighted by Crippen LogP contribution is 2.31. The smallest absolute Gasteiger partial charge is 0.244 e. The first-order chi connectivity index (χ1) is 10.2. The highest BCUT2D eigenvalue weighted by Gasteiger charge is 2.37. The van der Waals surface area contributed by atoms with Crippen molar-refractivity contribution in [3.05, 3.63) is 18.2 Å². The van der Waals surface area contributed by atoms with Gasteiger partial charge >= 0.3 is 0 Å². The average molecular weight is 327 g/mol. The maximum Gasteiger partial charge on any atom is 0.244 e. The van der Waals surface area contributed by atoms with Crippen LogP contribution in [0.25, 0.3) is 0 Å². The number of carbonyl (C=O) groups excluding carboxylic acids is 1. The largest absolute Gasteiger partial charge is 0.494 e. The van der Waals surface area contributed by atoms with Crippen LogP contribution in [0.4, 0.5) is 11.4 Å². The summed E-state index contributed by atoms with van der Waals surface area (Å²) in [6.07, 6.45) is 4.29. The number of hydrogen-bond acceptors (Lipinski definition) is 5. The third-order valence-electron chi connectivity index (χ3n) is 3.70. The van der Waals surface area contributed by atoms with E-state index in [9.17, 15) is 13.2 Å². The Labute approximate surface area is 130 Å². The predicted molar refractivity (Wildman–Crippen MR) is 85.5 cm³/mol. The van der Waals surface area contributed by atoms with Gasteiger partial charge in [0.2, 0.25) is 15.9 Å². The second kappa shape index (κ2) is 6.13. The molecule has 0 atom stereocenters. The van der Waals surface area contributed by atoms with Crippen molar-refractivity contribution in [2.45, 2.75) is 31.2 Å². The van der Waals surface area contributed by atoms with Crippen molar-refractivity contribution < 1.29 is 17.9 Å². The van der Waals surface area contributed by atoms with E-state index in [0.29, 0.717) is 30.0 Å². The number of ether oxygens (including phenoxy) is 1. The van der Waals surface area contributed by atoms with Gasteiger partial charge in [-0.05, 0) is 25.0 Å². The molecule has 7 nitrogen and oxygen atoms in total. The first-order valence-electron chi connectivity index (χ1n) is 7.00. The van der Waals surface area contributed by atoms with E-state index in [0.717, 1.165) is 19.1 Å². The van der Waals surface area contributed by atoms with Crippen LogP contribution in [0.15, 0.2) is 18.2 Å². The number of rotatable bonds is 5. The minimum Gasteiger partial charge on any atom is -0.494 e. The second-order valence-corrected chi connectivity index (χ2v) is 7.36. The molecule has 1 amide bonds. The highest BCUT2D eigenvalue weighted by molar-refractivity contribution is 7.92. The summed E-state index contributed by atoms with van der Waals surface area (Å²) in [7, 11) is -1.98. The van der Waals surface area contributed by atoms with Crippen LogP contribution in [0.3, 0.4) is 0 Å². The number of carbonyl (C=O) groups is 1. The van der Waals surface area contributed by atoms with E-state index in [1.54, 1.807) is 12.1 Å². The Bertz CT molecular complexity index is 667. The standard InChI is InChI=1S/C14H21N3O4S/c1-21-12-9-10(5-6-11(12)17-22(2,19)20)16-13(18)14(15)7-3-4-8-14/h5-6,9,17H,3-4,7-8,15H2,1-2H3,(H,16,18). The van der Waals surface area contributed by atoms with Gasteiger partial charge in [-0.1, -0.05) is 12.8 Å². The Morgan fingerprint density at radius 1 is 1.32 bits per heavy atom. The van der Waals surface area contributed by atoms with E-state index in [1.165, 1.54) is 13.2 Å². The Hall–Kier alpha value is -1.80. The van der Waals surface area contributed by atoms with Crippen molar-refractivity contribution in [1.82, 2.24) is 0 Å². The zero-order valence-corrected chi connectivity index (χ0v) is 13.5. The summed E-state index contributed by atoms with van der Waals surface area (Å²) in [5.74, 6) is 0.0941. The summed E-state index contributed by atoms with van der Waals surface area (Å²) in [5, 5.41) is 2.77. The van der Waals surface area contributed by atoms with Crippen LogP contribution < -0.4 is 20.5 Å². The van der Waals surface area contributed by atoms with Crippen LogP contribution in [0.1, 0.15) is 25.7 Å². The van der Waals surface area contributed by atoms with Crippen LogP contribution in [0.2, 0.25) is 0 Å². The molecule has 0 aromatic heterocycles. The fraction of sp³-hybridized carbons (Fsp3) is 0.500. The summed E-state index contributed by atoms with van der Waals surface area (Å²) in [6, 6.07) is 4.70. The van der Waals surface area contributed by atoms with Gasteiger partial charge in [0.15, 0.2) is 0 Å². The third kappa shape index (κ3) is 3.89. The summed E-state index contributed by atoms with van der Waals surface area (Å²) in [4.78, 5) is 12.3. The van der Waals surface area contributed by atoms with Gasteiger partial charge in [-0.15, -0.1) is 0 Å². The van der Waals surface area contributed by atoms with Crippen LogP contribution in [-0.2, 0) is 14.8 Å². The molecule has 2 rings (SSSR count). The number of anilines is 2. The van der Waals surface area contributed by atoms with Crippen LogP contribution in [-0.4, -0.2) is 33.2 Å². The zero-order chi connectivity index (χ0) is 16.4. The topological polar surface area (TPSA) is 111 Å². The number of nitrogens with one attached hydrogen (secondary N) is 2. The Kier molecular flexibility index (Phi) is 4.62. The Balaban J connectivity index is 2.17. The van der Waals surface area contributed by atoms with Crippen LogP contribution >= 0.6 is 0 Å². The van der Waals surface area contributed by atoms with E-state index in [1.807, 2.05) is 0 Å². The predicted octanol–water partition coefficient (Wildman–Crippen LogP) is 1.28. The molecule has 1 aliphatic rings. The Morgan fingerprint density at radius 2 is 1.95 bits per heavy atom. The summed E-state index contributed by atoms with van der Waals surface area (Å²) in [5.41, 5.74) is 6.10. The lowest BCUT2D eigenvalue weighted by atomic mass is 9.98. The third-order valence-corrected chi connectivity index (χ3v) is 4.29. The fourth-order valence-corrected chi connectivity index (χ4v) is 3.11. The molecule has 0 unspecified atom stereocenters. The zero-order valence-electron chi connectivity index (χ0n) is 12.7. The van der Waals surface area contributed by atoms with Crippen molar-refractivity contribution in [1.29, 1.82) is 0 Å². The second-order valence-electron chi connectivity index (χ2n) is 5.61. The molecule has 8 heteroatoms. The van der Waals surface area contributed by atoms with Crippen molar-refractivity contribution in [2.75, 3.05) is 23.4 Å². The van der Waals surface area contributed by atoms with Gasteiger partial charge in [-0.2, -0.15) is 0 Å². The van der Waals surface area contributed by atoms with Crippen LogP contribution in [0.5, 0.6) is 5.75 Å². The average Bonchev–Trinajstić information content (AvgIpc) is 2.87. The minimum atomic E-state index is -3.41. The minimum absolute atomic E-state index is 0.226. The van der Waals surface area contributed by atoms with E-state index in [2.05, 4.69) is 10.0 Å². The molecule has 1 saturated carbocycles. The number of sulfonamides is 1. The molecular weight excluding hydrogens is 306 g/mol. The molecule has 4 N–H and O–H groups in total. The highest BCUT2D eigenvalue weighted by atomic mass is 32.2. The van der Waals surface area contributed by atoms with E-state index < -0.39 is 15.6 Å². The van der Waals surface area contributed by atoms with Gasteiger partial charge in [0.05, 0.1) is 24.6 Å². The first kappa shape index (κ1) is 16.6. The lowest BCUT2D eigenvalue weighted by Gasteiger charge is -2.22. The summed E-state index contributed by atoms with van der Waals surface area (Å²) >= 11 is 0.